The number of carbonyl (C=O) groups is 1. The Balaban J connectivity index is 1.62. The molecule has 0 aliphatic rings. The molecule has 0 spiro atoms. The Morgan fingerprint density at radius 3 is 3.05 bits per heavy atom. The number of H-pyrrole nitrogens is 1. The molecule has 2 aromatic heterocycles. The van der Waals surface area contributed by atoms with Crippen molar-refractivity contribution in [3.63, 3.8) is 0 Å². The minimum Gasteiger partial charge on any atom is -0.352 e. The van der Waals surface area contributed by atoms with Gasteiger partial charge >= 0.3 is 0 Å². The van der Waals surface area contributed by atoms with E-state index in [9.17, 15) is 4.79 Å². The van der Waals surface area contributed by atoms with Gasteiger partial charge < -0.3 is 9.88 Å². The van der Waals surface area contributed by atoms with Gasteiger partial charge in [-0.05, 0) is 12.5 Å². The van der Waals surface area contributed by atoms with Crippen LogP contribution >= 0.6 is 0 Å². The highest BCUT2D eigenvalue weighted by Gasteiger charge is 2.12. The first-order valence-corrected chi connectivity index (χ1v) is 6.92. The van der Waals surface area contributed by atoms with E-state index in [0.717, 1.165) is 29.6 Å². The molecule has 21 heavy (non-hydrogen) atoms. The molecular formula is C15H17N5O. The van der Waals surface area contributed by atoms with Gasteiger partial charge in [-0.3, -0.25) is 9.89 Å². The first-order valence-electron chi connectivity index (χ1n) is 6.92. The summed E-state index contributed by atoms with van der Waals surface area (Å²) in [6.07, 6.45) is 4.96. The molecule has 2 N–H and O–H groups in total. The number of fused-ring (bicyclic) bond motifs is 1. The van der Waals surface area contributed by atoms with E-state index < -0.39 is 0 Å². The summed E-state index contributed by atoms with van der Waals surface area (Å²) in [6, 6.07) is 7.90. The minimum atomic E-state index is -0.0376. The second-order valence-corrected chi connectivity index (χ2v) is 4.96. The summed E-state index contributed by atoms with van der Waals surface area (Å²) in [6.45, 7) is 0.614. The fraction of sp³-hybridized carbons (Fsp3) is 0.267. The molecule has 0 aliphatic carbocycles. The van der Waals surface area contributed by atoms with Crippen LogP contribution in [0.2, 0.25) is 0 Å². The number of nitrogens with one attached hydrogen (secondary N) is 2. The Morgan fingerprint density at radius 2 is 2.24 bits per heavy atom. The molecule has 108 valence electrons. The second kappa shape index (κ2) is 5.78. The van der Waals surface area contributed by atoms with Crippen molar-refractivity contribution in [3.05, 3.63) is 48.2 Å². The molecular weight excluding hydrogens is 266 g/mol. The molecule has 0 unspecified atom stereocenters. The van der Waals surface area contributed by atoms with Crippen LogP contribution in [0.15, 0.2) is 36.8 Å². The first kappa shape index (κ1) is 13.4. The zero-order valence-corrected chi connectivity index (χ0v) is 11.8. The van der Waals surface area contributed by atoms with Crippen molar-refractivity contribution in [2.24, 2.45) is 7.05 Å². The molecule has 6 nitrogen and oxygen atoms in total. The molecule has 0 radical (unpaired) electrons. The molecule has 0 saturated heterocycles. The number of nitrogens with zero attached hydrogens (tertiary/aromatic N) is 3. The quantitative estimate of drug-likeness (QED) is 0.699. The van der Waals surface area contributed by atoms with Crippen LogP contribution in [0.1, 0.15) is 22.6 Å². The third-order valence-corrected chi connectivity index (χ3v) is 3.48. The topological polar surface area (TPSA) is 75.6 Å². The highest BCUT2D eigenvalue weighted by Crippen LogP contribution is 2.19. The van der Waals surface area contributed by atoms with Crippen LogP contribution in [0, 0.1) is 0 Å². The molecule has 0 aliphatic heterocycles. The van der Waals surface area contributed by atoms with E-state index in [1.54, 1.807) is 0 Å². The van der Waals surface area contributed by atoms with Crippen LogP contribution in [-0.4, -0.2) is 32.2 Å². The monoisotopic (exact) mass is 283 g/mol. The fourth-order valence-corrected chi connectivity index (χ4v) is 2.43. The summed E-state index contributed by atoms with van der Waals surface area (Å²) in [4.78, 5) is 16.3. The van der Waals surface area contributed by atoms with Gasteiger partial charge in [0.1, 0.15) is 12.2 Å². The Kier molecular flexibility index (Phi) is 3.68. The van der Waals surface area contributed by atoms with E-state index in [1.165, 1.54) is 6.33 Å². The van der Waals surface area contributed by atoms with Gasteiger partial charge in [0.15, 0.2) is 0 Å². The zero-order valence-electron chi connectivity index (χ0n) is 11.8. The largest absolute Gasteiger partial charge is 0.352 e. The van der Waals surface area contributed by atoms with Gasteiger partial charge in [-0.15, -0.1) is 0 Å². The van der Waals surface area contributed by atoms with Crippen LogP contribution < -0.4 is 5.32 Å². The molecule has 3 rings (SSSR count). The van der Waals surface area contributed by atoms with E-state index in [2.05, 4.69) is 20.5 Å². The molecule has 0 fully saturated rings. The third-order valence-electron chi connectivity index (χ3n) is 3.48. The lowest BCUT2D eigenvalue weighted by atomic mass is 10.1. The summed E-state index contributed by atoms with van der Waals surface area (Å²) >= 11 is 0. The number of para-hydroxylation sites is 1. The number of aryl methyl sites for hydroxylation is 2. The Bertz CT molecular complexity index is 745. The van der Waals surface area contributed by atoms with Gasteiger partial charge in [-0.25, -0.2) is 4.98 Å². The lowest BCUT2D eigenvalue weighted by Gasteiger charge is -2.03. The Morgan fingerprint density at radius 1 is 1.38 bits per heavy atom. The second-order valence-electron chi connectivity index (χ2n) is 4.96. The van der Waals surface area contributed by atoms with Crippen LogP contribution in [0.4, 0.5) is 0 Å². The van der Waals surface area contributed by atoms with Crippen molar-refractivity contribution in [1.29, 1.82) is 0 Å². The average Bonchev–Trinajstić information content (AvgIpc) is 3.12. The maximum atomic E-state index is 12.3. The average molecular weight is 283 g/mol. The summed E-state index contributed by atoms with van der Waals surface area (Å²) < 4.78 is 1.97. The molecule has 0 bridgehead atoms. The highest BCUT2D eigenvalue weighted by atomic mass is 16.1. The molecule has 3 aromatic rings. The van der Waals surface area contributed by atoms with Gasteiger partial charge in [0, 0.05) is 37.1 Å². The summed E-state index contributed by atoms with van der Waals surface area (Å²) in [5, 5.41) is 10.5. The summed E-state index contributed by atoms with van der Waals surface area (Å²) in [5.41, 5.74) is 1.78. The molecule has 1 amide bonds. The van der Waals surface area contributed by atoms with E-state index in [1.807, 2.05) is 42.1 Å². The van der Waals surface area contributed by atoms with E-state index in [-0.39, 0.29) is 5.91 Å². The first-order chi connectivity index (χ1) is 10.3. The number of benzene rings is 1. The predicted octanol–water partition coefficient (Wildman–Crippen LogP) is 1.66. The molecule has 1 aromatic carbocycles. The maximum Gasteiger partial charge on any atom is 0.253 e. The maximum absolute atomic E-state index is 12.3. The van der Waals surface area contributed by atoms with E-state index in [0.29, 0.717) is 12.1 Å². The summed E-state index contributed by atoms with van der Waals surface area (Å²) in [5.74, 6) is 0.804. The van der Waals surface area contributed by atoms with Gasteiger partial charge in [0.05, 0.1) is 5.56 Å². The van der Waals surface area contributed by atoms with Crippen molar-refractivity contribution in [2.75, 3.05) is 6.54 Å². The van der Waals surface area contributed by atoms with E-state index >= 15 is 0 Å². The van der Waals surface area contributed by atoms with Crippen LogP contribution in [0.25, 0.3) is 10.9 Å². The standard InChI is InChI=1S/C15H17N5O/c1-20-9-12(11-5-2-3-6-13(11)20)15(21)16-8-4-7-14-17-10-18-19-14/h2-3,5-6,9-10H,4,7-8H2,1H3,(H,16,21)(H,17,18,19). The highest BCUT2D eigenvalue weighted by molar-refractivity contribution is 6.06. The smallest absolute Gasteiger partial charge is 0.253 e. The zero-order chi connectivity index (χ0) is 14.7. The van der Waals surface area contributed by atoms with Crippen molar-refractivity contribution < 1.29 is 4.79 Å². The summed E-state index contributed by atoms with van der Waals surface area (Å²) in [7, 11) is 1.95. The number of carbonyl (C=O) groups excluding carboxylic acids is 1. The van der Waals surface area contributed by atoms with Gasteiger partial charge in [0.25, 0.3) is 5.91 Å². The Hall–Kier alpha value is -2.63. The lowest BCUT2D eigenvalue weighted by molar-refractivity contribution is 0.0954. The predicted molar refractivity (Wildman–Crippen MR) is 80.0 cm³/mol. The number of rotatable bonds is 5. The van der Waals surface area contributed by atoms with Gasteiger partial charge in [0.2, 0.25) is 0 Å². The van der Waals surface area contributed by atoms with Crippen molar-refractivity contribution in [3.8, 4) is 0 Å². The molecule has 6 heteroatoms. The van der Waals surface area contributed by atoms with Gasteiger partial charge in [-0.2, -0.15) is 5.10 Å². The number of amides is 1. The molecule has 2 heterocycles. The third kappa shape index (κ3) is 2.79. The normalized spacial score (nSPS) is 10.9. The van der Waals surface area contributed by atoms with Crippen LogP contribution in [-0.2, 0) is 13.5 Å². The Labute approximate surface area is 122 Å². The van der Waals surface area contributed by atoms with Crippen LogP contribution in [0.5, 0.6) is 0 Å². The van der Waals surface area contributed by atoms with Crippen molar-refractivity contribution in [2.45, 2.75) is 12.8 Å². The molecule has 0 atom stereocenters. The minimum absolute atomic E-state index is 0.0376. The number of aromatic nitrogens is 4. The van der Waals surface area contributed by atoms with E-state index in [4.69, 9.17) is 0 Å². The van der Waals surface area contributed by atoms with Gasteiger partial charge in [-0.1, -0.05) is 18.2 Å². The number of hydrogen-bond acceptors (Lipinski definition) is 3. The SMILES string of the molecule is Cn1cc(C(=O)NCCCc2ncn[nH]2)c2ccccc21. The number of aromatic amines is 1. The van der Waals surface area contributed by atoms with Crippen molar-refractivity contribution >= 4 is 16.8 Å². The fourth-order valence-electron chi connectivity index (χ4n) is 2.43. The lowest BCUT2D eigenvalue weighted by Crippen LogP contribution is -2.24. The van der Waals surface area contributed by atoms with Crippen LogP contribution in [0.3, 0.4) is 0 Å². The molecule has 0 saturated carbocycles. The van der Waals surface area contributed by atoms with Crippen molar-refractivity contribution in [1.82, 2.24) is 25.1 Å². The number of hydrogen-bond donors (Lipinski definition) is 2.